The average Bonchev–Trinajstić information content (AvgIpc) is 3.37. The summed E-state index contributed by atoms with van der Waals surface area (Å²) in [5.74, 6) is -0.251. The number of nitrogens with zero attached hydrogens (tertiary/aromatic N) is 3. The van der Waals surface area contributed by atoms with Crippen LogP contribution in [0.25, 0.3) is 0 Å². The third-order valence-electron chi connectivity index (χ3n) is 5.57. The van der Waals surface area contributed by atoms with E-state index < -0.39 is 10.0 Å². The fourth-order valence-electron chi connectivity index (χ4n) is 3.97. The second-order valence-corrected chi connectivity index (χ2v) is 9.62. The number of rotatable bonds is 7. The van der Waals surface area contributed by atoms with E-state index in [4.69, 9.17) is 0 Å². The van der Waals surface area contributed by atoms with Crippen LogP contribution in [-0.4, -0.2) is 41.9 Å². The number of sulfonamides is 1. The van der Waals surface area contributed by atoms with Crippen molar-refractivity contribution in [3.05, 3.63) is 84.1 Å². The molecular weight excluding hydrogens is 403 g/mol. The molecule has 0 unspecified atom stereocenters. The summed E-state index contributed by atoms with van der Waals surface area (Å²) < 4.78 is 42.7. The summed E-state index contributed by atoms with van der Waals surface area (Å²) in [7, 11) is -1.93. The van der Waals surface area contributed by atoms with Gasteiger partial charge in [-0.2, -0.15) is 4.31 Å². The second kappa shape index (κ2) is 8.67. The highest BCUT2D eigenvalue weighted by Crippen LogP contribution is 2.35. The Balaban J connectivity index is 1.53. The van der Waals surface area contributed by atoms with Crippen LogP contribution in [0.15, 0.2) is 72.1 Å². The summed E-state index contributed by atoms with van der Waals surface area (Å²) in [4.78, 5) is 4.04. The molecule has 30 heavy (non-hydrogen) atoms. The number of nitrogens with one attached hydrogen (secondary N) is 1. The van der Waals surface area contributed by atoms with Crippen LogP contribution in [0.4, 0.5) is 4.39 Å². The molecule has 0 radical (unpaired) electrons. The van der Waals surface area contributed by atoms with Gasteiger partial charge in [-0.15, -0.1) is 0 Å². The lowest BCUT2D eigenvalue weighted by Gasteiger charge is -2.19. The summed E-state index contributed by atoms with van der Waals surface area (Å²) >= 11 is 0. The van der Waals surface area contributed by atoms with E-state index in [2.05, 4.69) is 22.4 Å². The van der Waals surface area contributed by atoms with E-state index in [9.17, 15) is 12.8 Å². The van der Waals surface area contributed by atoms with Crippen LogP contribution < -0.4 is 5.32 Å². The molecule has 1 saturated heterocycles. The SMILES string of the molecule is Cn1cnc(S(=O)(=O)N2C[C@@H](CNCc3ccccc3)[C@H](c3ccc(F)cc3)C2)c1. The van der Waals surface area contributed by atoms with Gasteiger partial charge in [-0.3, -0.25) is 0 Å². The van der Waals surface area contributed by atoms with Crippen LogP contribution in [0.5, 0.6) is 0 Å². The first-order chi connectivity index (χ1) is 14.4. The standard InChI is InChI=1S/C22H25FN4O2S/c1-26-15-22(25-16-26)30(28,29)27-13-19(12-24-11-17-5-3-2-4-6-17)21(14-27)18-7-9-20(23)10-8-18/h2-10,15-16,19,21,24H,11-14H2,1H3/t19-,21+/m1/s1. The van der Waals surface area contributed by atoms with Crippen LogP contribution in [-0.2, 0) is 23.6 Å². The average molecular weight is 429 g/mol. The van der Waals surface area contributed by atoms with Gasteiger partial charge in [-0.25, -0.2) is 17.8 Å². The number of hydrogen-bond acceptors (Lipinski definition) is 4. The third kappa shape index (κ3) is 4.45. The molecule has 8 heteroatoms. The molecule has 0 spiro atoms. The summed E-state index contributed by atoms with van der Waals surface area (Å²) in [6, 6.07) is 16.4. The van der Waals surface area contributed by atoms with Crippen molar-refractivity contribution >= 4 is 10.0 Å². The predicted molar refractivity (Wildman–Crippen MR) is 113 cm³/mol. The Morgan fingerprint density at radius 3 is 2.50 bits per heavy atom. The van der Waals surface area contributed by atoms with Gasteiger partial charge in [0.1, 0.15) is 5.82 Å². The number of hydrogen-bond donors (Lipinski definition) is 1. The lowest BCUT2D eigenvalue weighted by molar-refractivity contribution is 0.438. The van der Waals surface area contributed by atoms with E-state index >= 15 is 0 Å². The summed E-state index contributed by atoms with van der Waals surface area (Å²) in [6.45, 7) is 2.11. The monoisotopic (exact) mass is 428 g/mol. The molecule has 0 amide bonds. The van der Waals surface area contributed by atoms with Gasteiger partial charge >= 0.3 is 0 Å². The van der Waals surface area contributed by atoms with Crippen LogP contribution in [0.2, 0.25) is 0 Å². The molecule has 1 aliphatic rings. The fourth-order valence-corrected chi connectivity index (χ4v) is 5.46. The van der Waals surface area contributed by atoms with Crippen LogP contribution in [0, 0.1) is 11.7 Å². The van der Waals surface area contributed by atoms with Gasteiger partial charge in [0, 0.05) is 45.3 Å². The van der Waals surface area contributed by atoms with Crippen molar-refractivity contribution in [3.8, 4) is 0 Å². The Kier molecular flexibility index (Phi) is 5.99. The van der Waals surface area contributed by atoms with E-state index in [1.165, 1.54) is 34.5 Å². The molecule has 1 N–H and O–H groups in total. The minimum atomic E-state index is -3.68. The maximum absolute atomic E-state index is 13.4. The third-order valence-corrected chi connectivity index (χ3v) is 7.29. The van der Waals surface area contributed by atoms with E-state index in [0.29, 0.717) is 26.2 Å². The van der Waals surface area contributed by atoms with E-state index in [1.807, 2.05) is 18.2 Å². The Morgan fingerprint density at radius 1 is 1.10 bits per heavy atom. The molecule has 1 aliphatic heterocycles. The maximum Gasteiger partial charge on any atom is 0.262 e. The van der Waals surface area contributed by atoms with Crippen molar-refractivity contribution < 1.29 is 12.8 Å². The minimum Gasteiger partial charge on any atom is -0.339 e. The zero-order chi connectivity index (χ0) is 21.1. The highest BCUT2D eigenvalue weighted by Gasteiger charge is 2.40. The van der Waals surface area contributed by atoms with Gasteiger partial charge in [0.05, 0.1) is 6.33 Å². The van der Waals surface area contributed by atoms with E-state index in [0.717, 1.165) is 5.56 Å². The van der Waals surface area contributed by atoms with Gasteiger partial charge in [-0.1, -0.05) is 42.5 Å². The van der Waals surface area contributed by atoms with Gasteiger partial charge in [0.15, 0.2) is 5.03 Å². The van der Waals surface area contributed by atoms with Crippen molar-refractivity contribution in [1.82, 2.24) is 19.2 Å². The zero-order valence-electron chi connectivity index (χ0n) is 16.8. The normalized spacial score (nSPS) is 19.9. The van der Waals surface area contributed by atoms with Gasteiger partial charge in [0.2, 0.25) is 0 Å². The largest absolute Gasteiger partial charge is 0.339 e. The quantitative estimate of drug-likeness (QED) is 0.628. The van der Waals surface area contributed by atoms with E-state index in [-0.39, 0.29) is 22.7 Å². The lowest BCUT2D eigenvalue weighted by Crippen LogP contribution is -2.31. The predicted octanol–water partition coefficient (Wildman–Crippen LogP) is 2.75. The number of aryl methyl sites for hydroxylation is 1. The molecule has 6 nitrogen and oxygen atoms in total. The Labute approximate surface area is 176 Å². The maximum atomic E-state index is 13.4. The van der Waals surface area contributed by atoms with Gasteiger partial charge in [0.25, 0.3) is 10.0 Å². The first-order valence-corrected chi connectivity index (χ1v) is 11.4. The smallest absolute Gasteiger partial charge is 0.262 e. The first-order valence-electron chi connectivity index (χ1n) is 9.92. The molecule has 0 bridgehead atoms. The number of imidazole rings is 1. The summed E-state index contributed by atoms with van der Waals surface area (Å²) in [6.07, 6.45) is 3.00. The molecule has 2 aromatic carbocycles. The molecule has 0 aliphatic carbocycles. The molecule has 2 atom stereocenters. The Morgan fingerprint density at radius 2 is 1.83 bits per heavy atom. The van der Waals surface area contributed by atoms with Gasteiger partial charge in [-0.05, 0) is 29.2 Å². The highest BCUT2D eigenvalue weighted by atomic mass is 32.2. The molecular formula is C22H25FN4O2S. The second-order valence-electron chi connectivity index (χ2n) is 7.73. The Hall–Kier alpha value is -2.55. The van der Waals surface area contributed by atoms with E-state index in [1.54, 1.807) is 23.7 Å². The Bertz CT molecular complexity index is 1080. The van der Waals surface area contributed by atoms with Crippen molar-refractivity contribution in [2.45, 2.75) is 17.5 Å². The summed E-state index contributed by atoms with van der Waals surface area (Å²) in [5, 5.41) is 3.51. The van der Waals surface area contributed by atoms with Crippen molar-refractivity contribution in [2.75, 3.05) is 19.6 Å². The first kappa shape index (κ1) is 20.7. The van der Waals surface area contributed by atoms with Gasteiger partial charge < -0.3 is 9.88 Å². The fraction of sp³-hybridized carbons (Fsp3) is 0.318. The highest BCUT2D eigenvalue weighted by molar-refractivity contribution is 7.89. The van der Waals surface area contributed by atoms with Crippen LogP contribution in [0.1, 0.15) is 17.0 Å². The molecule has 1 aromatic heterocycles. The number of halogens is 1. The van der Waals surface area contributed by atoms with Crippen LogP contribution in [0.3, 0.4) is 0 Å². The molecule has 2 heterocycles. The zero-order valence-corrected chi connectivity index (χ0v) is 17.6. The molecule has 3 aromatic rings. The lowest BCUT2D eigenvalue weighted by atomic mass is 9.89. The van der Waals surface area contributed by atoms with Crippen molar-refractivity contribution in [1.29, 1.82) is 0 Å². The topological polar surface area (TPSA) is 67.2 Å². The molecule has 1 fully saturated rings. The minimum absolute atomic E-state index is 0.0210. The van der Waals surface area contributed by atoms with Crippen LogP contribution >= 0.6 is 0 Å². The van der Waals surface area contributed by atoms with Crippen molar-refractivity contribution in [3.63, 3.8) is 0 Å². The number of aromatic nitrogens is 2. The number of benzene rings is 2. The van der Waals surface area contributed by atoms with Crippen molar-refractivity contribution in [2.24, 2.45) is 13.0 Å². The molecule has 158 valence electrons. The molecule has 0 saturated carbocycles. The molecule has 4 rings (SSSR count). The summed E-state index contributed by atoms with van der Waals surface area (Å²) in [5.41, 5.74) is 2.12.